The summed E-state index contributed by atoms with van der Waals surface area (Å²) >= 11 is 3.25. The van der Waals surface area contributed by atoms with Crippen molar-refractivity contribution in [2.75, 3.05) is 16.8 Å². The van der Waals surface area contributed by atoms with Gasteiger partial charge in [-0.1, -0.05) is 27.7 Å². The molecule has 0 radical (unpaired) electrons. The van der Waals surface area contributed by atoms with Gasteiger partial charge in [0.1, 0.15) is 12.3 Å². The van der Waals surface area contributed by atoms with Gasteiger partial charge in [-0.25, -0.2) is 9.78 Å². The number of carboxylic acids is 1. The van der Waals surface area contributed by atoms with Crippen LogP contribution in [0, 0.1) is 0 Å². The van der Waals surface area contributed by atoms with Crippen LogP contribution in [-0.2, 0) is 9.63 Å². The van der Waals surface area contributed by atoms with Crippen LogP contribution in [0.2, 0.25) is 0 Å². The first-order valence-corrected chi connectivity index (χ1v) is 6.26. The largest absolute Gasteiger partial charge is 0.476 e. The van der Waals surface area contributed by atoms with Gasteiger partial charge >= 0.3 is 5.97 Å². The molecule has 0 saturated heterocycles. The summed E-state index contributed by atoms with van der Waals surface area (Å²) in [5.41, 5.74) is 5.38. The van der Waals surface area contributed by atoms with Gasteiger partial charge in [-0.2, -0.15) is 0 Å². The van der Waals surface area contributed by atoms with E-state index in [0.717, 1.165) is 15.8 Å². The monoisotopic (exact) mass is 341 g/mol. The number of hydrogen-bond acceptors (Lipinski definition) is 6. The van der Waals surface area contributed by atoms with Gasteiger partial charge in [0.05, 0.1) is 0 Å². The second kappa shape index (κ2) is 5.85. The third-order valence-electron chi connectivity index (χ3n) is 1.29. The van der Waals surface area contributed by atoms with Gasteiger partial charge in [0.15, 0.2) is 5.13 Å². The van der Waals surface area contributed by atoms with E-state index in [4.69, 9.17) is 15.7 Å². The van der Waals surface area contributed by atoms with Gasteiger partial charge in [-0.15, -0.1) is 11.3 Å². The Balaban J connectivity index is 2.83. The predicted molar refractivity (Wildman–Crippen MR) is 65.5 cm³/mol. The van der Waals surface area contributed by atoms with Crippen molar-refractivity contribution in [3.8, 4) is 0 Å². The number of hydrogen-bond donors (Lipinski definition) is 2. The van der Waals surface area contributed by atoms with Gasteiger partial charge in [-0.3, -0.25) is 0 Å². The lowest BCUT2D eigenvalue weighted by Crippen LogP contribution is -2.15. The number of nitrogen functional groups attached to an aromatic ring is 1. The van der Waals surface area contributed by atoms with Crippen LogP contribution in [0.1, 0.15) is 5.69 Å². The van der Waals surface area contributed by atoms with Crippen molar-refractivity contribution in [2.45, 2.75) is 0 Å². The molecule has 0 aliphatic heterocycles. The summed E-state index contributed by atoms with van der Waals surface area (Å²) in [6, 6.07) is 0. The highest BCUT2D eigenvalue weighted by atomic mass is 127. The molecule has 15 heavy (non-hydrogen) atoms. The lowest BCUT2D eigenvalue weighted by atomic mass is 10.3. The minimum atomic E-state index is -1.19. The molecule has 82 valence electrons. The third-order valence-corrected chi connectivity index (χ3v) is 2.41. The highest BCUT2D eigenvalue weighted by molar-refractivity contribution is 14.1. The van der Waals surface area contributed by atoms with E-state index in [0.29, 0.717) is 11.7 Å². The van der Waals surface area contributed by atoms with Crippen LogP contribution in [0.15, 0.2) is 10.5 Å². The number of nitrogens with zero attached hydrogens (tertiary/aromatic N) is 2. The van der Waals surface area contributed by atoms with Gasteiger partial charge in [-0.05, 0) is 0 Å². The predicted octanol–water partition coefficient (Wildman–Crippen LogP) is 0.966. The Morgan fingerprint density at radius 2 is 2.53 bits per heavy atom. The molecule has 0 fully saturated rings. The van der Waals surface area contributed by atoms with E-state index in [1.54, 1.807) is 0 Å². The maximum absolute atomic E-state index is 10.8. The normalized spacial score (nSPS) is 11.4. The Kier molecular flexibility index (Phi) is 4.75. The topological polar surface area (TPSA) is 97.8 Å². The molecule has 6 nitrogen and oxygen atoms in total. The zero-order valence-electron chi connectivity index (χ0n) is 7.51. The summed E-state index contributed by atoms with van der Waals surface area (Å²) < 4.78 is 0.730. The van der Waals surface area contributed by atoms with Crippen LogP contribution in [0.4, 0.5) is 5.13 Å². The minimum Gasteiger partial charge on any atom is -0.476 e. The fraction of sp³-hybridized carbons (Fsp3) is 0.286. The number of aliphatic carboxylic acids is 1. The maximum atomic E-state index is 10.8. The summed E-state index contributed by atoms with van der Waals surface area (Å²) in [4.78, 5) is 19.4. The van der Waals surface area contributed by atoms with Crippen LogP contribution in [0.5, 0.6) is 0 Å². The molecule has 1 heterocycles. The first kappa shape index (κ1) is 12.2. The minimum absolute atomic E-state index is 0.221. The summed E-state index contributed by atoms with van der Waals surface area (Å²) in [7, 11) is 0. The smallest absolute Gasteiger partial charge is 0.360 e. The molecule has 0 aromatic carbocycles. The van der Waals surface area contributed by atoms with E-state index in [2.05, 4.69) is 32.7 Å². The fourth-order valence-corrected chi connectivity index (χ4v) is 1.48. The zero-order valence-corrected chi connectivity index (χ0v) is 10.5. The van der Waals surface area contributed by atoms with Crippen molar-refractivity contribution < 1.29 is 14.7 Å². The Bertz CT molecular complexity index is 379. The number of alkyl halides is 1. The average Bonchev–Trinajstić information content (AvgIpc) is 2.59. The number of anilines is 1. The number of aromatic nitrogens is 1. The number of halogens is 1. The number of carbonyl (C=O) groups is 1. The molecule has 0 amide bonds. The molecule has 0 atom stereocenters. The van der Waals surface area contributed by atoms with E-state index in [9.17, 15) is 4.79 Å². The zero-order chi connectivity index (χ0) is 11.3. The van der Waals surface area contributed by atoms with Gasteiger partial charge < -0.3 is 15.7 Å². The Hall–Kier alpha value is -0.900. The summed E-state index contributed by atoms with van der Waals surface area (Å²) in [6.45, 7) is 0.358. The number of nitrogens with two attached hydrogens (primary N) is 1. The van der Waals surface area contributed by atoms with Crippen LogP contribution in [0.3, 0.4) is 0 Å². The molecule has 0 unspecified atom stereocenters. The molecule has 0 bridgehead atoms. The summed E-state index contributed by atoms with van der Waals surface area (Å²) in [5, 5.41) is 14.2. The molecule has 1 rings (SSSR count). The van der Waals surface area contributed by atoms with Gasteiger partial charge in [0.2, 0.25) is 5.71 Å². The molecule has 1 aromatic rings. The van der Waals surface area contributed by atoms with Crippen LogP contribution < -0.4 is 5.73 Å². The highest BCUT2D eigenvalue weighted by Crippen LogP contribution is 2.12. The van der Waals surface area contributed by atoms with E-state index in [-0.39, 0.29) is 11.4 Å². The molecule has 8 heteroatoms. The van der Waals surface area contributed by atoms with Crippen molar-refractivity contribution in [1.82, 2.24) is 4.98 Å². The average molecular weight is 341 g/mol. The van der Waals surface area contributed by atoms with E-state index >= 15 is 0 Å². The molecule has 0 aliphatic rings. The second-order valence-corrected chi connectivity index (χ2v) is 4.31. The van der Waals surface area contributed by atoms with E-state index in [1.807, 2.05) is 0 Å². The molecule has 1 aromatic heterocycles. The molecular formula is C7H8IN3O3S. The number of carboxylic acid groups (broad SMARTS) is 1. The van der Waals surface area contributed by atoms with Crippen molar-refractivity contribution in [3.05, 3.63) is 11.1 Å². The summed E-state index contributed by atoms with van der Waals surface area (Å²) in [6.07, 6.45) is 0. The molecule has 3 N–H and O–H groups in total. The van der Waals surface area contributed by atoms with Crippen LogP contribution >= 0.6 is 33.9 Å². The first-order valence-electron chi connectivity index (χ1n) is 3.85. The quantitative estimate of drug-likeness (QED) is 0.273. The second-order valence-electron chi connectivity index (χ2n) is 2.34. The summed E-state index contributed by atoms with van der Waals surface area (Å²) in [5.74, 6) is -1.19. The van der Waals surface area contributed by atoms with E-state index in [1.165, 1.54) is 5.38 Å². The SMILES string of the molecule is Nc1nc(C(=NOCCI)C(=O)O)cs1. The van der Waals surface area contributed by atoms with Crippen molar-refractivity contribution >= 4 is 50.7 Å². The van der Waals surface area contributed by atoms with Crippen LogP contribution in [-0.4, -0.2) is 32.8 Å². The Labute approximate surface area is 103 Å². The number of oxime groups is 1. The Morgan fingerprint density at radius 3 is 3.00 bits per heavy atom. The lowest BCUT2D eigenvalue weighted by Gasteiger charge is -1.97. The fourth-order valence-electron chi connectivity index (χ4n) is 0.736. The van der Waals surface area contributed by atoms with E-state index < -0.39 is 5.97 Å². The van der Waals surface area contributed by atoms with Gasteiger partial charge in [0, 0.05) is 9.81 Å². The molecular weight excluding hydrogens is 333 g/mol. The molecule has 0 spiro atoms. The molecule has 0 aliphatic carbocycles. The van der Waals surface area contributed by atoms with Crippen molar-refractivity contribution in [2.24, 2.45) is 5.16 Å². The van der Waals surface area contributed by atoms with Crippen LogP contribution in [0.25, 0.3) is 0 Å². The maximum Gasteiger partial charge on any atom is 0.360 e. The number of rotatable bonds is 5. The van der Waals surface area contributed by atoms with Crippen molar-refractivity contribution in [3.63, 3.8) is 0 Å². The molecule has 0 saturated carbocycles. The van der Waals surface area contributed by atoms with Crippen molar-refractivity contribution in [1.29, 1.82) is 0 Å². The first-order chi connectivity index (χ1) is 7.15. The lowest BCUT2D eigenvalue weighted by molar-refractivity contribution is -0.129. The standard InChI is InChI=1S/C7H8IN3O3S/c8-1-2-14-11-5(6(12)13)4-3-15-7(9)10-4/h3H,1-2H2,(H2,9,10)(H,12,13). The van der Waals surface area contributed by atoms with Gasteiger partial charge in [0.25, 0.3) is 0 Å². The number of thiazole rings is 1. The Morgan fingerprint density at radius 1 is 1.80 bits per heavy atom. The highest BCUT2D eigenvalue weighted by Gasteiger charge is 2.16. The third kappa shape index (κ3) is 3.63.